The molecule has 3 aromatic heterocycles. The monoisotopic (exact) mass is 334 g/mol. The fourth-order valence-electron chi connectivity index (χ4n) is 3.15. The van der Waals surface area contributed by atoms with Gasteiger partial charge in [-0.1, -0.05) is 6.07 Å². The first kappa shape index (κ1) is 15.7. The third-order valence-corrected chi connectivity index (χ3v) is 4.63. The number of anilines is 2. The first-order valence-corrected chi connectivity index (χ1v) is 8.70. The molecule has 1 aliphatic carbocycles. The van der Waals surface area contributed by atoms with Crippen LogP contribution in [0, 0.1) is 19.8 Å². The zero-order chi connectivity index (χ0) is 17.4. The van der Waals surface area contributed by atoms with Crippen molar-refractivity contribution in [3.63, 3.8) is 0 Å². The molecule has 1 atom stereocenters. The van der Waals surface area contributed by atoms with Crippen molar-refractivity contribution in [3.8, 4) is 11.4 Å². The Morgan fingerprint density at radius 3 is 2.64 bits per heavy atom. The largest absolute Gasteiger partial charge is 0.323 e. The molecule has 25 heavy (non-hydrogen) atoms. The van der Waals surface area contributed by atoms with Crippen molar-refractivity contribution >= 4 is 11.6 Å². The van der Waals surface area contributed by atoms with Gasteiger partial charge in [0.15, 0.2) is 5.82 Å². The lowest BCUT2D eigenvalue weighted by molar-refractivity contribution is 0.432. The Bertz CT molecular complexity index is 882. The van der Waals surface area contributed by atoms with Gasteiger partial charge in [-0.3, -0.25) is 9.67 Å². The molecule has 128 valence electrons. The van der Waals surface area contributed by atoms with Crippen molar-refractivity contribution in [2.45, 2.75) is 39.7 Å². The molecule has 3 heterocycles. The Kier molecular flexibility index (Phi) is 3.95. The van der Waals surface area contributed by atoms with Gasteiger partial charge in [-0.15, -0.1) is 0 Å². The lowest BCUT2D eigenvalue weighted by Gasteiger charge is -2.12. The zero-order valence-electron chi connectivity index (χ0n) is 14.8. The van der Waals surface area contributed by atoms with Crippen LogP contribution in [-0.2, 0) is 0 Å². The number of nitrogens with zero attached hydrogens (tertiary/aromatic N) is 5. The average molecular weight is 334 g/mol. The van der Waals surface area contributed by atoms with Crippen LogP contribution >= 0.6 is 0 Å². The van der Waals surface area contributed by atoms with E-state index in [9.17, 15) is 0 Å². The molecule has 3 aromatic rings. The second-order valence-electron chi connectivity index (χ2n) is 6.72. The smallest absolute Gasteiger partial charge is 0.153 e. The molecule has 1 saturated carbocycles. The van der Waals surface area contributed by atoms with Gasteiger partial charge in [-0.05, 0) is 51.7 Å². The quantitative estimate of drug-likeness (QED) is 0.762. The highest BCUT2D eigenvalue weighted by Crippen LogP contribution is 2.40. The van der Waals surface area contributed by atoms with E-state index in [0.29, 0.717) is 11.9 Å². The van der Waals surface area contributed by atoms with Crippen LogP contribution in [0.25, 0.3) is 11.4 Å². The van der Waals surface area contributed by atoms with Crippen LogP contribution < -0.4 is 5.32 Å². The Morgan fingerprint density at radius 2 is 1.92 bits per heavy atom. The van der Waals surface area contributed by atoms with Gasteiger partial charge < -0.3 is 5.32 Å². The molecule has 6 heteroatoms. The SMILES string of the molecule is Cc1nc(Nc2cc(C)n([C@@H](C)C3CC3)n2)cc(-c2ccccn2)n1. The molecule has 4 rings (SSSR count). The summed E-state index contributed by atoms with van der Waals surface area (Å²) < 4.78 is 2.12. The Hall–Kier alpha value is -2.76. The van der Waals surface area contributed by atoms with E-state index in [2.05, 4.69) is 44.9 Å². The fraction of sp³-hybridized carbons (Fsp3) is 0.368. The minimum absolute atomic E-state index is 0.451. The van der Waals surface area contributed by atoms with Gasteiger partial charge in [-0.25, -0.2) is 9.97 Å². The molecule has 0 amide bonds. The molecule has 6 nitrogen and oxygen atoms in total. The Morgan fingerprint density at radius 1 is 1.08 bits per heavy atom. The minimum Gasteiger partial charge on any atom is -0.323 e. The number of aryl methyl sites for hydroxylation is 2. The molecule has 1 N–H and O–H groups in total. The first-order valence-electron chi connectivity index (χ1n) is 8.70. The number of nitrogens with one attached hydrogen (secondary N) is 1. The van der Waals surface area contributed by atoms with Crippen LogP contribution in [0.15, 0.2) is 36.5 Å². The van der Waals surface area contributed by atoms with Crippen LogP contribution in [0.3, 0.4) is 0 Å². The maximum atomic E-state index is 4.73. The number of hydrogen-bond donors (Lipinski definition) is 1. The highest BCUT2D eigenvalue weighted by molar-refractivity contribution is 5.61. The van der Waals surface area contributed by atoms with E-state index in [1.54, 1.807) is 6.20 Å². The van der Waals surface area contributed by atoms with Gasteiger partial charge in [-0.2, -0.15) is 5.10 Å². The first-order chi connectivity index (χ1) is 12.1. The predicted molar refractivity (Wildman–Crippen MR) is 97.7 cm³/mol. The third-order valence-electron chi connectivity index (χ3n) is 4.63. The molecule has 0 radical (unpaired) electrons. The van der Waals surface area contributed by atoms with E-state index in [4.69, 9.17) is 5.10 Å². The van der Waals surface area contributed by atoms with Gasteiger partial charge in [0.05, 0.1) is 17.4 Å². The van der Waals surface area contributed by atoms with E-state index >= 15 is 0 Å². The minimum atomic E-state index is 0.451. The molecule has 0 aliphatic heterocycles. The Balaban J connectivity index is 1.61. The molecule has 0 unspecified atom stereocenters. The van der Waals surface area contributed by atoms with Gasteiger partial charge >= 0.3 is 0 Å². The van der Waals surface area contributed by atoms with Crippen molar-refractivity contribution in [2.24, 2.45) is 5.92 Å². The van der Waals surface area contributed by atoms with Crippen LogP contribution in [-0.4, -0.2) is 24.7 Å². The van der Waals surface area contributed by atoms with Crippen molar-refractivity contribution < 1.29 is 0 Å². The van der Waals surface area contributed by atoms with Crippen molar-refractivity contribution in [3.05, 3.63) is 48.0 Å². The fourth-order valence-corrected chi connectivity index (χ4v) is 3.15. The van der Waals surface area contributed by atoms with E-state index in [1.165, 1.54) is 12.8 Å². The molecule has 0 bridgehead atoms. The number of aromatic nitrogens is 5. The zero-order valence-corrected chi connectivity index (χ0v) is 14.8. The maximum Gasteiger partial charge on any atom is 0.153 e. The molecule has 0 aromatic carbocycles. The second kappa shape index (κ2) is 6.27. The van der Waals surface area contributed by atoms with E-state index in [1.807, 2.05) is 31.2 Å². The standard InChI is InChI=1S/C19H22N6/c1-12-10-19(24-25(12)13(2)15-7-8-15)23-18-11-17(21-14(3)22-18)16-6-4-5-9-20-16/h4-6,9-11,13,15H,7-8H2,1-3H3,(H,21,22,23,24)/t13-/m0/s1. The lowest BCUT2D eigenvalue weighted by Crippen LogP contribution is -2.10. The summed E-state index contributed by atoms with van der Waals surface area (Å²) in [6, 6.07) is 10.2. The second-order valence-corrected chi connectivity index (χ2v) is 6.72. The molecule has 1 aliphatic rings. The Labute approximate surface area is 147 Å². The summed E-state index contributed by atoms with van der Waals surface area (Å²) in [6.45, 7) is 6.23. The average Bonchev–Trinajstić information content (AvgIpc) is 3.38. The van der Waals surface area contributed by atoms with Gasteiger partial charge in [0.2, 0.25) is 0 Å². The van der Waals surface area contributed by atoms with Crippen molar-refractivity contribution in [1.82, 2.24) is 24.7 Å². The van der Waals surface area contributed by atoms with Gasteiger partial charge in [0.1, 0.15) is 11.6 Å². The highest BCUT2D eigenvalue weighted by atomic mass is 15.3. The molecular formula is C19H22N6. The van der Waals surface area contributed by atoms with Crippen molar-refractivity contribution in [1.29, 1.82) is 0 Å². The summed E-state index contributed by atoms with van der Waals surface area (Å²) >= 11 is 0. The number of hydrogen-bond acceptors (Lipinski definition) is 5. The van der Waals surface area contributed by atoms with E-state index in [0.717, 1.165) is 34.6 Å². The summed E-state index contributed by atoms with van der Waals surface area (Å²) in [5.41, 5.74) is 2.80. The predicted octanol–water partition coefficient (Wildman–Crippen LogP) is 4.07. The molecule has 0 saturated heterocycles. The molecule has 0 spiro atoms. The summed E-state index contributed by atoms with van der Waals surface area (Å²) in [6.07, 6.45) is 4.38. The lowest BCUT2D eigenvalue weighted by atomic mass is 10.2. The molecule has 1 fully saturated rings. The highest BCUT2D eigenvalue weighted by Gasteiger charge is 2.30. The van der Waals surface area contributed by atoms with Crippen LogP contribution in [0.5, 0.6) is 0 Å². The van der Waals surface area contributed by atoms with Crippen molar-refractivity contribution in [2.75, 3.05) is 5.32 Å². The number of pyridine rings is 1. The summed E-state index contributed by atoms with van der Waals surface area (Å²) in [5.74, 6) is 3.02. The third kappa shape index (κ3) is 3.38. The summed E-state index contributed by atoms with van der Waals surface area (Å²) in [7, 11) is 0. The van der Waals surface area contributed by atoms with E-state index in [-0.39, 0.29) is 0 Å². The molecular weight excluding hydrogens is 312 g/mol. The van der Waals surface area contributed by atoms with Gasteiger partial charge in [0.25, 0.3) is 0 Å². The van der Waals surface area contributed by atoms with E-state index < -0.39 is 0 Å². The maximum absolute atomic E-state index is 4.73. The normalized spacial score (nSPS) is 15.2. The topological polar surface area (TPSA) is 68.5 Å². The van der Waals surface area contributed by atoms with Gasteiger partial charge in [0, 0.05) is 24.0 Å². The van der Waals surface area contributed by atoms with Crippen LogP contribution in [0.2, 0.25) is 0 Å². The summed E-state index contributed by atoms with van der Waals surface area (Å²) in [5, 5.41) is 8.05. The van der Waals surface area contributed by atoms with Crippen LogP contribution in [0.1, 0.15) is 37.3 Å². The number of rotatable bonds is 5. The van der Waals surface area contributed by atoms with Crippen LogP contribution in [0.4, 0.5) is 11.6 Å². The summed E-state index contributed by atoms with van der Waals surface area (Å²) in [4.78, 5) is 13.3.